The van der Waals surface area contributed by atoms with Crippen LogP contribution in [0.1, 0.15) is 20.3 Å². The predicted octanol–water partition coefficient (Wildman–Crippen LogP) is 3.42. The molecule has 3 nitrogen and oxygen atoms in total. The van der Waals surface area contributed by atoms with E-state index in [4.69, 9.17) is 5.73 Å². The Balaban J connectivity index is 2.75. The first kappa shape index (κ1) is 15.3. The SMILES string of the molecule is CC(C)CC(CN(C)C)Nc1ccc(Br)cc1N. The van der Waals surface area contributed by atoms with Gasteiger partial charge in [-0.25, -0.2) is 0 Å². The quantitative estimate of drug-likeness (QED) is 0.791. The van der Waals surface area contributed by atoms with Crippen LogP contribution in [0.2, 0.25) is 0 Å². The van der Waals surface area contributed by atoms with Gasteiger partial charge in [0.25, 0.3) is 0 Å². The van der Waals surface area contributed by atoms with Crippen LogP contribution in [0.3, 0.4) is 0 Å². The van der Waals surface area contributed by atoms with E-state index in [-0.39, 0.29) is 0 Å². The summed E-state index contributed by atoms with van der Waals surface area (Å²) in [6.45, 7) is 5.50. The number of nitrogens with zero attached hydrogens (tertiary/aromatic N) is 1. The van der Waals surface area contributed by atoms with E-state index in [1.807, 2.05) is 18.2 Å². The number of anilines is 2. The van der Waals surface area contributed by atoms with Crippen LogP contribution in [0.25, 0.3) is 0 Å². The number of nitrogens with two attached hydrogens (primary N) is 1. The van der Waals surface area contributed by atoms with Crippen molar-refractivity contribution >= 4 is 27.3 Å². The molecule has 0 aliphatic carbocycles. The van der Waals surface area contributed by atoms with Crippen LogP contribution in [0.15, 0.2) is 22.7 Å². The van der Waals surface area contributed by atoms with E-state index in [0.29, 0.717) is 12.0 Å². The lowest BCUT2D eigenvalue weighted by atomic mass is 10.0. The summed E-state index contributed by atoms with van der Waals surface area (Å²) >= 11 is 3.43. The molecule has 1 rings (SSSR count). The minimum absolute atomic E-state index is 0.420. The lowest BCUT2D eigenvalue weighted by molar-refractivity contribution is 0.356. The van der Waals surface area contributed by atoms with Crippen molar-refractivity contribution in [3.05, 3.63) is 22.7 Å². The van der Waals surface area contributed by atoms with E-state index < -0.39 is 0 Å². The maximum Gasteiger partial charge on any atom is 0.0577 e. The smallest absolute Gasteiger partial charge is 0.0577 e. The average Bonchev–Trinajstić information content (AvgIpc) is 2.20. The minimum atomic E-state index is 0.420. The highest BCUT2D eigenvalue weighted by Crippen LogP contribution is 2.24. The molecule has 1 atom stereocenters. The molecule has 0 spiro atoms. The van der Waals surface area contributed by atoms with E-state index in [0.717, 1.165) is 28.8 Å². The summed E-state index contributed by atoms with van der Waals surface area (Å²) in [5.41, 5.74) is 7.83. The Morgan fingerprint density at radius 2 is 2.00 bits per heavy atom. The largest absolute Gasteiger partial charge is 0.397 e. The third-order valence-corrected chi connectivity index (χ3v) is 3.21. The van der Waals surface area contributed by atoms with Gasteiger partial charge in [-0.15, -0.1) is 0 Å². The second kappa shape index (κ2) is 7.00. The summed E-state index contributed by atoms with van der Waals surface area (Å²) in [6, 6.07) is 6.40. The first-order chi connectivity index (χ1) is 8.38. The fourth-order valence-corrected chi connectivity index (χ4v) is 2.45. The molecule has 0 heterocycles. The average molecular weight is 314 g/mol. The molecular weight excluding hydrogens is 290 g/mol. The first-order valence-corrected chi connectivity index (χ1v) is 7.14. The van der Waals surface area contributed by atoms with Crippen molar-refractivity contribution in [3.63, 3.8) is 0 Å². The number of rotatable bonds is 6. The lowest BCUT2D eigenvalue weighted by Gasteiger charge is -2.25. The Morgan fingerprint density at radius 3 is 2.50 bits per heavy atom. The summed E-state index contributed by atoms with van der Waals surface area (Å²) in [7, 11) is 4.19. The molecular formula is C14H24BrN3. The van der Waals surface area contributed by atoms with Gasteiger partial charge in [0, 0.05) is 17.1 Å². The Morgan fingerprint density at radius 1 is 1.33 bits per heavy atom. The molecule has 0 saturated carbocycles. The predicted molar refractivity (Wildman–Crippen MR) is 84.0 cm³/mol. The van der Waals surface area contributed by atoms with Crippen LogP contribution in [0.5, 0.6) is 0 Å². The molecule has 0 radical (unpaired) electrons. The number of benzene rings is 1. The van der Waals surface area contributed by atoms with E-state index in [2.05, 4.69) is 54.1 Å². The van der Waals surface area contributed by atoms with Crippen molar-refractivity contribution in [3.8, 4) is 0 Å². The Kier molecular flexibility index (Phi) is 5.96. The molecule has 0 bridgehead atoms. The monoisotopic (exact) mass is 313 g/mol. The molecule has 0 amide bonds. The number of hydrogen-bond donors (Lipinski definition) is 2. The van der Waals surface area contributed by atoms with Crippen LogP contribution in [0.4, 0.5) is 11.4 Å². The maximum atomic E-state index is 6.03. The summed E-state index contributed by atoms with van der Waals surface area (Å²) < 4.78 is 1.01. The van der Waals surface area contributed by atoms with Gasteiger partial charge in [0.15, 0.2) is 0 Å². The molecule has 1 aromatic rings. The Bertz CT molecular complexity index is 367. The van der Waals surface area contributed by atoms with Gasteiger partial charge in [-0.2, -0.15) is 0 Å². The molecule has 4 heteroatoms. The summed E-state index contributed by atoms with van der Waals surface area (Å²) in [6.07, 6.45) is 1.13. The number of hydrogen-bond acceptors (Lipinski definition) is 3. The van der Waals surface area contributed by atoms with E-state index in [9.17, 15) is 0 Å². The Labute approximate surface area is 119 Å². The summed E-state index contributed by atoms with van der Waals surface area (Å²) in [5, 5.41) is 3.55. The molecule has 1 unspecified atom stereocenters. The Hall–Kier alpha value is -0.740. The maximum absolute atomic E-state index is 6.03. The number of nitrogens with one attached hydrogen (secondary N) is 1. The molecule has 0 fully saturated rings. The highest BCUT2D eigenvalue weighted by atomic mass is 79.9. The zero-order valence-corrected chi connectivity index (χ0v) is 13.3. The van der Waals surface area contributed by atoms with Gasteiger partial charge < -0.3 is 16.0 Å². The normalized spacial score (nSPS) is 13.1. The first-order valence-electron chi connectivity index (χ1n) is 6.34. The van der Waals surface area contributed by atoms with Gasteiger partial charge in [0.05, 0.1) is 11.4 Å². The second-order valence-electron chi connectivity index (χ2n) is 5.46. The summed E-state index contributed by atoms with van der Waals surface area (Å²) in [4.78, 5) is 2.20. The van der Waals surface area contributed by atoms with Crippen molar-refractivity contribution in [1.82, 2.24) is 4.90 Å². The van der Waals surface area contributed by atoms with Crippen LogP contribution >= 0.6 is 15.9 Å². The van der Waals surface area contributed by atoms with Crippen molar-refractivity contribution in [1.29, 1.82) is 0 Å². The van der Waals surface area contributed by atoms with Crippen molar-refractivity contribution in [2.75, 3.05) is 31.7 Å². The van der Waals surface area contributed by atoms with Gasteiger partial charge in [-0.3, -0.25) is 0 Å². The van der Waals surface area contributed by atoms with E-state index in [1.165, 1.54) is 0 Å². The summed E-state index contributed by atoms with van der Waals surface area (Å²) in [5.74, 6) is 0.666. The zero-order chi connectivity index (χ0) is 13.7. The van der Waals surface area contributed by atoms with E-state index in [1.54, 1.807) is 0 Å². The molecule has 0 aliphatic heterocycles. The third kappa shape index (κ3) is 5.27. The standard InChI is InChI=1S/C14H24BrN3/c1-10(2)7-12(9-18(3)4)17-14-6-5-11(15)8-13(14)16/h5-6,8,10,12,17H,7,9,16H2,1-4H3. The van der Waals surface area contributed by atoms with Crippen LogP contribution in [-0.2, 0) is 0 Å². The number of likely N-dealkylation sites (N-methyl/N-ethyl adjacent to an activating group) is 1. The van der Waals surface area contributed by atoms with Crippen LogP contribution < -0.4 is 11.1 Å². The topological polar surface area (TPSA) is 41.3 Å². The molecule has 1 aromatic carbocycles. The zero-order valence-electron chi connectivity index (χ0n) is 11.7. The molecule has 0 aliphatic rings. The molecule has 3 N–H and O–H groups in total. The fraction of sp³-hybridized carbons (Fsp3) is 0.571. The van der Waals surface area contributed by atoms with Gasteiger partial charge in [0.1, 0.15) is 0 Å². The highest BCUT2D eigenvalue weighted by molar-refractivity contribution is 9.10. The van der Waals surface area contributed by atoms with Gasteiger partial charge >= 0.3 is 0 Å². The van der Waals surface area contributed by atoms with Gasteiger partial charge in [-0.05, 0) is 44.6 Å². The van der Waals surface area contributed by atoms with Crippen molar-refractivity contribution in [2.24, 2.45) is 5.92 Å². The van der Waals surface area contributed by atoms with Crippen molar-refractivity contribution in [2.45, 2.75) is 26.3 Å². The van der Waals surface area contributed by atoms with Gasteiger partial charge in [0.2, 0.25) is 0 Å². The molecule has 0 saturated heterocycles. The second-order valence-corrected chi connectivity index (χ2v) is 6.38. The van der Waals surface area contributed by atoms with Gasteiger partial charge in [-0.1, -0.05) is 29.8 Å². The number of nitrogen functional groups attached to an aromatic ring is 1. The lowest BCUT2D eigenvalue weighted by Crippen LogP contribution is -2.33. The third-order valence-electron chi connectivity index (χ3n) is 2.71. The fourth-order valence-electron chi connectivity index (χ4n) is 2.07. The van der Waals surface area contributed by atoms with Crippen LogP contribution in [0, 0.1) is 5.92 Å². The van der Waals surface area contributed by atoms with Crippen LogP contribution in [-0.4, -0.2) is 31.6 Å². The molecule has 102 valence electrons. The van der Waals surface area contributed by atoms with Crippen molar-refractivity contribution < 1.29 is 0 Å². The minimum Gasteiger partial charge on any atom is -0.397 e. The highest BCUT2D eigenvalue weighted by Gasteiger charge is 2.13. The molecule has 18 heavy (non-hydrogen) atoms. The molecule has 0 aromatic heterocycles. The number of halogens is 1. The van der Waals surface area contributed by atoms with E-state index >= 15 is 0 Å².